The molecule has 0 fully saturated rings. The van der Waals surface area contributed by atoms with Gasteiger partial charge >= 0.3 is 0 Å². The van der Waals surface area contributed by atoms with E-state index in [-0.39, 0.29) is 12.4 Å². The molecule has 6 nitrogen and oxygen atoms in total. The van der Waals surface area contributed by atoms with Crippen molar-refractivity contribution < 1.29 is 13.5 Å². The minimum absolute atomic E-state index is 0.0421. The summed E-state index contributed by atoms with van der Waals surface area (Å²) in [6.45, 7) is 1.09. The van der Waals surface area contributed by atoms with Crippen molar-refractivity contribution in [1.82, 2.24) is 14.3 Å². The molecule has 0 aliphatic carbocycles. The fraction of sp³-hybridized carbons (Fsp3) is 0.357. The summed E-state index contributed by atoms with van der Waals surface area (Å²) in [4.78, 5) is 3.93. The summed E-state index contributed by atoms with van der Waals surface area (Å²) >= 11 is 0. The zero-order valence-corrected chi connectivity index (χ0v) is 12.5. The first-order chi connectivity index (χ1) is 10.1. The quantitative estimate of drug-likeness (QED) is 0.709. The maximum absolute atomic E-state index is 11.9. The number of benzene rings is 1. The zero-order valence-electron chi connectivity index (χ0n) is 11.6. The summed E-state index contributed by atoms with van der Waals surface area (Å²) in [5.74, 6) is -0.0518. The van der Waals surface area contributed by atoms with Crippen molar-refractivity contribution in [2.45, 2.75) is 25.3 Å². The predicted octanol–water partition coefficient (Wildman–Crippen LogP) is 0.885. The summed E-state index contributed by atoms with van der Waals surface area (Å²) in [7, 11) is -3.33. The lowest BCUT2D eigenvalue weighted by Gasteiger charge is -2.07. The summed E-state index contributed by atoms with van der Waals surface area (Å²) in [6.07, 6.45) is 5.95. The van der Waals surface area contributed by atoms with Crippen molar-refractivity contribution in [3.05, 3.63) is 54.1 Å². The van der Waals surface area contributed by atoms with Gasteiger partial charge in [0, 0.05) is 25.5 Å². The summed E-state index contributed by atoms with van der Waals surface area (Å²) in [6, 6.07) is 6.89. The summed E-state index contributed by atoms with van der Waals surface area (Å²) in [5.41, 5.74) is 1.47. The van der Waals surface area contributed by atoms with Gasteiger partial charge in [0.15, 0.2) is 0 Å². The Bertz CT molecular complexity index is 637. The van der Waals surface area contributed by atoms with Gasteiger partial charge in [-0.15, -0.1) is 0 Å². The zero-order chi connectivity index (χ0) is 15.1. The minimum atomic E-state index is -3.33. The molecule has 0 unspecified atom stereocenters. The van der Waals surface area contributed by atoms with Gasteiger partial charge in [-0.3, -0.25) is 0 Å². The van der Waals surface area contributed by atoms with Crippen molar-refractivity contribution in [3.8, 4) is 0 Å². The number of imidazole rings is 1. The fourth-order valence-corrected chi connectivity index (χ4v) is 3.11. The van der Waals surface area contributed by atoms with Crippen LogP contribution in [0.1, 0.15) is 17.5 Å². The molecule has 1 heterocycles. The summed E-state index contributed by atoms with van der Waals surface area (Å²) in [5, 5.41) is 8.95. The highest BCUT2D eigenvalue weighted by atomic mass is 32.2. The highest BCUT2D eigenvalue weighted by Gasteiger charge is 2.10. The number of aromatic nitrogens is 2. The molecule has 0 aliphatic rings. The van der Waals surface area contributed by atoms with Crippen molar-refractivity contribution in [3.63, 3.8) is 0 Å². The van der Waals surface area contributed by atoms with Crippen LogP contribution in [0.4, 0.5) is 0 Å². The van der Waals surface area contributed by atoms with Crippen molar-refractivity contribution >= 4 is 10.0 Å². The van der Waals surface area contributed by atoms with Gasteiger partial charge in [0.2, 0.25) is 10.0 Å². The van der Waals surface area contributed by atoms with Crippen LogP contribution in [0.5, 0.6) is 0 Å². The average molecular weight is 309 g/mol. The highest BCUT2D eigenvalue weighted by Crippen LogP contribution is 2.07. The standard InChI is InChI=1S/C14H19N3O3S/c18-10-13-2-4-14(5-3-13)11-21(19,20)16-6-1-8-17-9-7-15-12-17/h2-5,7,9,12,16,18H,1,6,8,10-11H2. The van der Waals surface area contributed by atoms with Crippen LogP contribution in [-0.2, 0) is 28.9 Å². The fourth-order valence-electron chi connectivity index (χ4n) is 1.92. The number of nitrogens with zero attached hydrogens (tertiary/aromatic N) is 2. The third-order valence-electron chi connectivity index (χ3n) is 3.04. The number of sulfonamides is 1. The first-order valence-corrected chi connectivity index (χ1v) is 8.36. The van der Waals surface area contributed by atoms with E-state index in [2.05, 4.69) is 9.71 Å². The lowest BCUT2D eigenvalue weighted by Crippen LogP contribution is -2.26. The molecule has 0 amide bonds. The number of rotatable bonds is 8. The second kappa shape index (κ2) is 7.35. The molecule has 0 bridgehead atoms. The monoisotopic (exact) mass is 309 g/mol. The van der Waals surface area contributed by atoms with Crippen LogP contribution >= 0.6 is 0 Å². The Morgan fingerprint density at radius 1 is 1.19 bits per heavy atom. The SMILES string of the molecule is O=S(=O)(Cc1ccc(CO)cc1)NCCCn1ccnc1. The Morgan fingerprint density at radius 2 is 1.90 bits per heavy atom. The van der Waals surface area contributed by atoms with Crippen LogP contribution in [-0.4, -0.2) is 29.6 Å². The molecule has 2 rings (SSSR count). The molecule has 0 aliphatic heterocycles. The second-order valence-electron chi connectivity index (χ2n) is 4.78. The molecule has 1 aromatic carbocycles. The lowest BCUT2D eigenvalue weighted by molar-refractivity contribution is 0.282. The first kappa shape index (κ1) is 15.7. The molecule has 1 aromatic heterocycles. The smallest absolute Gasteiger partial charge is 0.215 e. The van der Waals surface area contributed by atoms with Crippen molar-refractivity contribution in [1.29, 1.82) is 0 Å². The molecule has 114 valence electrons. The molecule has 0 spiro atoms. The summed E-state index contributed by atoms with van der Waals surface area (Å²) < 4.78 is 28.4. The van der Waals surface area contributed by atoms with E-state index >= 15 is 0 Å². The van der Waals surface area contributed by atoms with Gasteiger partial charge in [0.25, 0.3) is 0 Å². The Balaban J connectivity index is 1.78. The largest absolute Gasteiger partial charge is 0.392 e. The normalized spacial score (nSPS) is 11.7. The van der Waals surface area contributed by atoms with E-state index in [1.807, 2.05) is 10.8 Å². The lowest BCUT2D eigenvalue weighted by atomic mass is 10.2. The predicted molar refractivity (Wildman–Crippen MR) is 79.8 cm³/mol. The van der Waals surface area contributed by atoms with Crippen LogP contribution in [0.25, 0.3) is 0 Å². The van der Waals surface area contributed by atoms with Crippen LogP contribution < -0.4 is 4.72 Å². The Kier molecular flexibility index (Phi) is 5.49. The average Bonchev–Trinajstić information content (AvgIpc) is 2.97. The van der Waals surface area contributed by atoms with Gasteiger partial charge in [-0.1, -0.05) is 24.3 Å². The van der Waals surface area contributed by atoms with Gasteiger partial charge in [0.1, 0.15) is 0 Å². The molecular weight excluding hydrogens is 290 g/mol. The second-order valence-corrected chi connectivity index (χ2v) is 6.59. The van der Waals surface area contributed by atoms with Crippen LogP contribution in [0, 0.1) is 0 Å². The van der Waals surface area contributed by atoms with E-state index in [9.17, 15) is 8.42 Å². The van der Waals surface area contributed by atoms with Crippen LogP contribution in [0.2, 0.25) is 0 Å². The molecule has 0 atom stereocenters. The van der Waals surface area contributed by atoms with E-state index in [0.717, 1.165) is 12.1 Å². The Labute approximate surface area is 124 Å². The van der Waals surface area contributed by atoms with E-state index in [0.29, 0.717) is 18.5 Å². The van der Waals surface area contributed by atoms with Crippen LogP contribution in [0.3, 0.4) is 0 Å². The number of nitrogens with one attached hydrogen (secondary N) is 1. The van der Waals surface area contributed by atoms with E-state index in [4.69, 9.17) is 5.11 Å². The third-order valence-corrected chi connectivity index (χ3v) is 4.39. The molecule has 0 saturated heterocycles. The van der Waals surface area contributed by atoms with Crippen molar-refractivity contribution in [2.75, 3.05) is 6.54 Å². The molecule has 21 heavy (non-hydrogen) atoms. The maximum Gasteiger partial charge on any atom is 0.215 e. The molecule has 0 saturated carbocycles. The third kappa shape index (κ3) is 5.30. The molecule has 7 heteroatoms. The van der Waals surface area contributed by atoms with E-state index in [1.165, 1.54) is 0 Å². The van der Waals surface area contributed by atoms with Crippen LogP contribution in [0.15, 0.2) is 43.0 Å². The van der Waals surface area contributed by atoms with Crippen molar-refractivity contribution in [2.24, 2.45) is 0 Å². The number of aliphatic hydroxyl groups excluding tert-OH is 1. The van der Waals surface area contributed by atoms with Gasteiger partial charge in [0.05, 0.1) is 18.7 Å². The van der Waals surface area contributed by atoms with Gasteiger partial charge in [-0.05, 0) is 17.5 Å². The topological polar surface area (TPSA) is 84.2 Å². The minimum Gasteiger partial charge on any atom is -0.392 e. The molecule has 2 aromatic rings. The van der Waals surface area contributed by atoms with Gasteiger partial charge < -0.3 is 9.67 Å². The van der Waals surface area contributed by atoms with E-state index in [1.54, 1.807) is 36.8 Å². The van der Waals surface area contributed by atoms with Gasteiger partial charge in [-0.2, -0.15) is 0 Å². The number of aryl methyl sites for hydroxylation is 1. The maximum atomic E-state index is 11.9. The molecule has 2 N–H and O–H groups in total. The first-order valence-electron chi connectivity index (χ1n) is 6.71. The highest BCUT2D eigenvalue weighted by molar-refractivity contribution is 7.88. The van der Waals surface area contributed by atoms with E-state index < -0.39 is 10.0 Å². The molecular formula is C14H19N3O3S. The number of hydrogen-bond donors (Lipinski definition) is 2. The van der Waals surface area contributed by atoms with Gasteiger partial charge in [-0.25, -0.2) is 18.1 Å². The Morgan fingerprint density at radius 3 is 2.52 bits per heavy atom. The Hall–Kier alpha value is -1.70. The number of aliphatic hydroxyl groups is 1. The molecule has 0 radical (unpaired) electrons. The number of hydrogen-bond acceptors (Lipinski definition) is 4.